The highest BCUT2D eigenvalue weighted by atomic mass is 32.2. The minimum Gasteiger partial charge on any atom is -0.387 e. The summed E-state index contributed by atoms with van der Waals surface area (Å²) in [5.74, 6) is -1.02. The number of hydrogen-bond donors (Lipinski definition) is 3. The molecule has 1 amide bonds. The molecule has 0 aromatic rings. The van der Waals surface area contributed by atoms with Crippen LogP contribution in [0.2, 0.25) is 0 Å². The van der Waals surface area contributed by atoms with E-state index < -0.39 is 28.0 Å². The number of carbonyl (C=O) groups excluding carboxylic acids is 1. The Morgan fingerprint density at radius 2 is 0.980 bits per heavy atom. The molecule has 7 heteroatoms. The molecule has 2 unspecified atom stereocenters. The number of amides is 1. The Hall–Kier alpha value is -2.48. The summed E-state index contributed by atoms with van der Waals surface area (Å²) in [4.78, 5) is 12.5. The van der Waals surface area contributed by atoms with Crippen LogP contribution in [-0.2, 0) is 14.9 Å². The van der Waals surface area contributed by atoms with E-state index in [0.29, 0.717) is 12.8 Å². The van der Waals surface area contributed by atoms with Crippen molar-refractivity contribution in [1.82, 2.24) is 5.32 Å². The number of nitrogens with one attached hydrogen (secondary N) is 1. The molecule has 0 saturated carbocycles. The lowest BCUT2D eigenvalue weighted by molar-refractivity contribution is -0.122. The van der Waals surface area contributed by atoms with Gasteiger partial charge in [0.25, 0.3) is 10.1 Å². The van der Waals surface area contributed by atoms with Gasteiger partial charge in [0.15, 0.2) is 0 Å². The molecule has 0 aliphatic rings. The normalized spacial score (nSPS) is 14.2. The van der Waals surface area contributed by atoms with Gasteiger partial charge >= 0.3 is 0 Å². The van der Waals surface area contributed by atoms with Gasteiger partial charge in [-0.1, -0.05) is 163 Å². The number of unbranched alkanes of at least 4 members (excludes halogenated alkanes) is 14. The summed E-state index contributed by atoms with van der Waals surface area (Å²) in [6.07, 6.45) is 52.8. The number of rotatable bonds is 34. The zero-order chi connectivity index (χ0) is 36.8. The number of aliphatic hydroxyl groups is 1. The number of allylic oxidation sites excluding steroid dienone is 13. The lowest BCUT2D eigenvalue weighted by Gasteiger charge is -2.21. The Bertz CT molecular complexity index is 1100. The van der Waals surface area contributed by atoms with Crippen molar-refractivity contribution in [1.29, 1.82) is 0 Å². The molecule has 0 fully saturated rings. The molecular weight excluding hydrogens is 643 g/mol. The van der Waals surface area contributed by atoms with Crippen LogP contribution in [0, 0.1) is 0 Å². The van der Waals surface area contributed by atoms with Gasteiger partial charge in [0.05, 0.1) is 17.9 Å². The van der Waals surface area contributed by atoms with Gasteiger partial charge < -0.3 is 10.4 Å². The highest BCUT2D eigenvalue weighted by Crippen LogP contribution is 2.13. The van der Waals surface area contributed by atoms with Crippen LogP contribution in [0.3, 0.4) is 0 Å². The van der Waals surface area contributed by atoms with Crippen LogP contribution >= 0.6 is 0 Å². The van der Waals surface area contributed by atoms with Crippen LogP contribution in [0.1, 0.15) is 162 Å². The molecule has 50 heavy (non-hydrogen) atoms. The van der Waals surface area contributed by atoms with Crippen molar-refractivity contribution < 1.29 is 22.9 Å². The molecule has 0 bridgehead atoms. The summed E-state index contributed by atoms with van der Waals surface area (Å²) < 4.78 is 32.4. The second-order valence-electron chi connectivity index (χ2n) is 13.2. The predicted molar refractivity (Wildman–Crippen MR) is 216 cm³/mol. The molecule has 0 rings (SSSR count). The maximum Gasteiger partial charge on any atom is 0.267 e. The molecule has 0 spiro atoms. The van der Waals surface area contributed by atoms with E-state index in [-0.39, 0.29) is 12.3 Å². The van der Waals surface area contributed by atoms with Crippen LogP contribution in [0.4, 0.5) is 0 Å². The second kappa shape index (κ2) is 36.3. The van der Waals surface area contributed by atoms with E-state index in [4.69, 9.17) is 0 Å². The van der Waals surface area contributed by atoms with Gasteiger partial charge in [-0.05, 0) is 77.0 Å². The molecule has 0 aromatic carbocycles. The van der Waals surface area contributed by atoms with Gasteiger partial charge in [-0.15, -0.1) is 0 Å². The lowest BCUT2D eigenvalue weighted by atomic mass is 10.0. The van der Waals surface area contributed by atoms with Gasteiger partial charge in [0, 0.05) is 6.42 Å². The Labute approximate surface area is 307 Å². The SMILES string of the molecule is CC/C=C\C/C=C\C/C=C\C/C=C\CCCCCCCCCCCCC(=O)NC(CS(=O)(=O)O)C(O)/C=C/CC/C=C/CC/C=C/CCCC. The quantitative estimate of drug-likeness (QED) is 0.0349. The molecular formula is C43H73NO5S. The van der Waals surface area contributed by atoms with Crippen LogP contribution < -0.4 is 5.32 Å². The fraction of sp³-hybridized carbons (Fsp3) is 0.651. The smallest absolute Gasteiger partial charge is 0.267 e. The second-order valence-corrected chi connectivity index (χ2v) is 14.7. The predicted octanol–water partition coefficient (Wildman–Crippen LogP) is 11.6. The standard InChI is InChI=1S/C43H73NO5S/c1-3-5-7-9-11-13-15-17-18-19-20-21-22-23-24-25-26-27-29-31-33-35-37-39-43(46)44-41(40-50(47,48)49)42(45)38-36-34-32-30-28-16-14-12-10-8-6-4-2/h5,7,10-13,17-18,20-21,28,30,36,38,41-42,45H,3-4,6,8-9,14-16,19,22-27,29,31-35,37,39-40H2,1-2H3,(H,44,46)(H,47,48,49)/b7-5-,12-10+,13-11-,18-17-,21-20-,30-28+,38-36+. The largest absolute Gasteiger partial charge is 0.387 e. The number of carbonyl (C=O) groups is 1. The van der Waals surface area contributed by atoms with Crippen molar-refractivity contribution >= 4 is 16.0 Å². The molecule has 0 aromatic heterocycles. The summed E-state index contributed by atoms with van der Waals surface area (Å²) in [5, 5.41) is 13.1. The van der Waals surface area contributed by atoms with Gasteiger partial charge in [-0.3, -0.25) is 9.35 Å². The molecule has 0 heterocycles. The fourth-order valence-corrected chi connectivity index (χ4v) is 6.07. The van der Waals surface area contributed by atoms with E-state index in [1.807, 2.05) is 0 Å². The van der Waals surface area contributed by atoms with Gasteiger partial charge in [0.2, 0.25) is 5.91 Å². The fourth-order valence-electron chi connectivity index (χ4n) is 5.34. The zero-order valence-electron chi connectivity index (χ0n) is 31.7. The van der Waals surface area contributed by atoms with E-state index in [1.54, 1.807) is 6.08 Å². The van der Waals surface area contributed by atoms with Crippen molar-refractivity contribution in [2.45, 2.75) is 174 Å². The monoisotopic (exact) mass is 716 g/mol. The van der Waals surface area contributed by atoms with E-state index in [0.717, 1.165) is 77.0 Å². The van der Waals surface area contributed by atoms with E-state index in [1.165, 1.54) is 57.4 Å². The first-order chi connectivity index (χ1) is 24.3. The molecule has 0 aliphatic heterocycles. The summed E-state index contributed by atoms with van der Waals surface area (Å²) in [6, 6.07) is -1.09. The van der Waals surface area contributed by atoms with Crippen molar-refractivity contribution in [3.8, 4) is 0 Å². The van der Waals surface area contributed by atoms with E-state index in [2.05, 4.69) is 92.1 Å². The number of aliphatic hydroxyl groups excluding tert-OH is 1. The van der Waals surface area contributed by atoms with Crippen LogP contribution in [0.15, 0.2) is 85.1 Å². The van der Waals surface area contributed by atoms with Crippen LogP contribution in [0.25, 0.3) is 0 Å². The topological polar surface area (TPSA) is 104 Å². The number of hydrogen-bond acceptors (Lipinski definition) is 4. The molecule has 0 saturated heterocycles. The molecule has 286 valence electrons. The Kier molecular flexibility index (Phi) is 34.5. The van der Waals surface area contributed by atoms with Crippen molar-refractivity contribution in [2.75, 3.05) is 5.75 Å². The van der Waals surface area contributed by atoms with E-state index in [9.17, 15) is 22.9 Å². The highest BCUT2D eigenvalue weighted by molar-refractivity contribution is 7.85. The Morgan fingerprint density at radius 1 is 0.560 bits per heavy atom. The molecule has 6 nitrogen and oxygen atoms in total. The molecule has 3 N–H and O–H groups in total. The van der Waals surface area contributed by atoms with Gasteiger partial charge in [0.1, 0.15) is 0 Å². The van der Waals surface area contributed by atoms with Crippen molar-refractivity contribution in [3.05, 3.63) is 85.1 Å². The van der Waals surface area contributed by atoms with Gasteiger partial charge in [-0.25, -0.2) is 0 Å². The Balaban J connectivity index is 3.94. The zero-order valence-corrected chi connectivity index (χ0v) is 32.6. The summed E-state index contributed by atoms with van der Waals surface area (Å²) >= 11 is 0. The highest BCUT2D eigenvalue weighted by Gasteiger charge is 2.24. The summed E-state index contributed by atoms with van der Waals surface area (Å²) in [5.41, 5.74) is 0. The maximum atomic E-state index is 12.5. The first-order valence-corrected chi connectivity index (χ1v) is 21.4. The van der Waals surface area contributed by atoms with Crippen LogP contribution in [-0.4, -0.2) is 41.9 Å². The van der Waals surface area contributed by atoms with Crippen molar-refractivity contribution in [2.24, 2.45) is 0 Å². The molecule has 2 atom stereocenters. The Morgan fingerprint density at radius 3 is 1.50 bits per heavy atom. The van der Waals surface area contributed by atoms with Gasteiger partial charge in [-0.2, -0.15) is 8.42 Å². The summed E-state index contributed by atoms with van der Waals surface area (Å²) in [6.45, 7) is 4.35. The van der Waals surface area contributed by atoms with Crippen molar-refractivity contribution in [3.63, 3.8) is 0 Å². The molecule has 0 radical (unpaired) electrons. The van der Waals surface area contributed by atoms with Crippen LogP contribution in [0.5, 0.6) is 0 Å². The lowest BCUT2D eigenvalue weighted by Crippen LogP contribution is -2.46. The average Bonchev–Trinajstić information content (AvgIpc) is 3.08. The summed E-state index contributed by atoms with van der Waals surface area (Å²) in [7, 11) is -4.36. The third-order valence-electron chi connectivity index (χ3n) is 8.28. The first-order valence-electron chi connectivity index (χ1n) is 19.8. The molecule has 0 aliphatic carbocycles. The average molecular weight is 716 g/mol. The third kappa shape index (κ3) is 36.8. The minimum atomic E-state index is -4.36. The third-order valence-corrected chi connectivity index (χ3v) is 9.06. The minimum absolute atomic E-state index is 0.274. The first kappa shape index (κ1) is 47.5. The van der Waals surface area contributed by atoms with E-state index >= 15 is 0 Å². The maximum absolute atomic E-state index is 12.5.